The van der Waals surface area contributed by atoms with Crippen LogP contribution in [0.4, 0.5) is 4.39 Å². The van der Waals surface area contributed by atoms with E-state index in [2.05, 4.69) is 20.8 Å². The predicted octanol–water partition coefficient (Wildman–Crippen LogP) is 4.29. The summed E-state index contributed by atoms with van der Waals surface area (Å²) in [5, 5.41) is 21.2. The Morgan fingerprint density at radius 1 is 1.12 bits per heavy atom. The second kappa shape index (κ2) is 9.43. The summed E-state index contributed by atoms with van der Waals surface area (Å²) < 4.78 is 14.1. The van der Waals surface area contributed by atoms with Crippen LogP contribution in [0.25, 0.3) is 0 Å². The molecule has 0 fully saturated rings. The van der Waals surface area contributed by atoms with Crippen LogP contribution in [-0.2, 0) is 12.2 Å². The zero-order chi connectivity index (χ0) is 17.7. The van der Waals surface area contributed by atoms with Gasteiger partial charge in [0.05, 0.1) is 6.61 Å². The van der Waals surface area contributed by atoms with Gasteiger partial charge in [-0.1, -0.05) is 41.6 Å². The first kappa shape index (κ1) is 21.8. The van der Waals surface area contributed by atoms with Gasteiger partial charge in [-0.15, -0.1) is 0 Å². The molecule has 0 aliphatic carbocycles. The largest absolute Gasteiger partial charge is 0.392 e. The molecule has 0 spiro atoms. The van der Waals surface area contributed by atoms with Gasteiger partial charge in [0.2, 0.25) is 0 Å². The number of aliphatic hydroxyl groups excluding tert-OH is 1. The molecule has 0 saturated heterocycles. The Morgan fingerprint density at radius 2 is 1.76 bits per heavy atom. The molecule has 1 unspecified atom stereocenters. The van der Waals surface area contributed by atoms with Gasteiger partial charge in [0, 0.05) is 4.47 Å². The van der Waals surface area contributed by atoms with Gasteiger partial charge in [-0.3, -0.25) is 0 Å². The lowest BCUT2D eigenvalue weighted by Gasteiger charge is -2.32. The number of benzene rings is 2. The molecule has 2 N–H and O–H groups in total. The van der Waals surface area contributed by atoms with E-state index in [9.17, 15) is 14.6 Å². The maximum Gasteiger partial charge on any atom is 0.123 e. The minimum absolute atomic E-state index is 0. The molecule has 5 heteroatoms. The topological polar surface area (TPSA) is 43.7 Å². The van der Waals surface area contributed by atoms with Gasteiger partial charge in [-0.2, -0.15) is 0 Å². The van der Waals surface area contributed by atoms with E-state index in [1.54, 1.807) is 18.2 Å². The van der Waals surface area contributed by atoms with E-state index in [-0.39, 0.29) is 19.9 Å². The van der Waals surface area contributed by atoms with Crippen LogP contribution in [-0.4, -0.2) is 35.8 Å². The normalized spacial score (nSPS) is 13.4. The number of aliphatic hydroxyl groups is 2. The van der Waals surface area contributed by atoms with Crippen LogP contribution in [0.1, 0.15) is 37.0 Å². The molecule has 0 heterocycles. The number of rotatable bonds is 7. The lowest BCUT2D eigenvalue weighted by Crippen LogP contribution is -2.30. The summed E-state index contributed by atoms with van der Waals surface area (Å²) >= 11 is 3.39. The Balaban J connectivity index is 0.00000312. The third-order valence-electron chi connectivity index (χ3n) is 4.15. The summed E-state index contributed by atoms with van der Waals surface area (Å²) in [5.74, 6) is -0.340. The molecule has 1 atom stereocenters. The van der Waals surface area contributed by atoms with E-state index in [1.165, 1.54) is 12.1 Å². The molecule has 0 bridgehead atoms. The summed E-state index contributed by atoms with van der Waals surface area (Å²) in [6.45, 7) is 0.653. The van der Waals surface area contributed by atoms with E-state index in [4.69, 9.17) is 0 Å². The third kappa shape index (κ3) is 5.35. The van der Waals surface area contributed by atoms with E-state index in [0.717, 1.165) is 17.4 Å². The summed E-state index contributed by atoms with van der Waals surface area (Å²) in [6.07, 6.45) is 1.24. The molecule has 0 aliphatic heterocycles. The summed E-state index contributed by atoms with van der Waals surface area (Å²) in [7, 11) is 3.96. The Hall–Kier alpha value is -1.27. The van der Waals surface area contributed by atoms with Gasteiger partial charge in [-0.05, 0) is 74.4 Å². The number of hydrogen-bond donors (Lipinski definition) is 2. The SMILES string of the molecule is C.CN(C)CCCC(O)(c1ccc(F)cc1)c1ccc(Br)cc1CO. The van der Waals surface area contributed by atoms with Gasteiger partial charge in [-0.25, -0.2) is 4.39 Å². The minimum Gasteiger partial charge on any atom is -0.392 e. The fraction of sp³-hybridized carbons (Fsp3) is 0.400. The van der Waals surface area contributed by atoms with Crippen molar-refractivity contribution in [3.8, 4) is 0 Å². The van der Waals surface area contributed by atoms with Crippen molar-refractivity contribution >= 4 is 15.9 Å². The van der Waals surface area contributed by atoms with Crippen molar-refractivity contribution in [2.75, 3.05) is 20.6 Å². The van der Waals surface area contributed by atoms with E-state index >= 15 is 0 Å². The van der Waals surface area contributed by atoms with Crippen LogP contribution >= 0.6 is 15.9 Å². The first-order valence-electron chi connectivity index (χ1n) is 7.89. The van der Waals surface area contributed by atoms with Crippen LogP contribution in [0, 0.1) is 5.82 Å². The highest BCUT2D eigenvalue weighted by atomic mass is 79.9. The molecule has 2 aromatic rings. The van der Waals surface area contributed by atoms with Crippen LogP contribution in [0.3, 0.4) is 0 Å². The van der Waals surface area contributed by atoms with Crippen molar-refractivity contribution in [1.82, 2.24) is 4.90 Å². The molecule has 3 nitrogen and oxygen atoms in total. The maximum absolute atomic E-state index is 13.3. The lowest BCUT2D eigenvalue weighted by atomic mass is 9.80. The summed E-state index contributed by atoms with van der Waals surface area (Å²) in [4.78, 5) is 2.06. The van der Waals surface area contributed by atoms with Gasteiger partial charge in [0.1, 0.15) is 11.4 Å². The van der Waals surface area contributed by atoms with Gasteiger partial charge in [0.15, 0.2) is 0 Å². The van der Waals surface area contributed by atoms with Gasteiger partial charge in [0.25, 0.3) is 0 Å². The second-order valence-corrected chi connectivity index (χ2v) is 7.15. The first-order chi connectivity index (χ1) is 11.4. The highest BCUT2D eigenvalue weighted by Gasteiger charge is 2.33. The number of halogens is 2. The molecule has 0 aromatic heterocycles. The summed E-state index contributed by atoms with van der Waals surface area (Å²) in [6, 6.07) is 11.4. The van der Waals surface area contributed by atoms with E-state index in [1.807, 2.05) is 26.2 Å². The highest BCUT2D eigenvalue weighted by Crippen LogP contribution is 2.37. The van der Waals surface area contributed by atoms with Crippen LogP contribution in [0.15, 0.2) is 46.9 Å². The Labute approximate surface area is 158 Å². The average Bonchev–Trinajstić information content (AvgIpc) is 2.54. The molecule has 0 aliphatic rings. The monoisotopic (exact) mass is 411 g/mol. The Morgan fingerprint density at radius 3 is 2.32 bits per heavy atom. The van der Waals surface area contributed by atoms with Gasteiger partial charge >= 0.3 is 0 Å². The third-order valence-corrected chi connectivity index (χ3v) is 4.64. The van der Waals surface area contributed by atoms with Crippen molar-refractivity contribution in [2.24, 2.45) is 0 Å². The fourth-order valence-corrected chi connectivity index (χ4v) is 3.32. The molecule has 2 rings (SSSR count). The molecule has 0 amide bonds. The molecule has 0 saturated carbocycles. The fourth-order valence-electron chi connectivity index (χ4n) is 2.91. The zero-order valence-electron chi connectivity index (χ0n) is 14.0. The van der Waals surface area contributed by atoms with Crippen molar-refractivity contribution in [1.29, 1.82) is 0 Å². The van der Waals surface area contributed by atoms with Crippen molar-refractivity contribution in [3.05, 3.63) is 69.4 Å². The lowest BCUT2D eigenvalue weighted by molar-refractivity contribution is 0.0640. The van der Waals surface area contributed by atoms with E-state index in [0.29, 0.717) is 23.1 Å². The number of hydrogen-bond acceptors (Lipinski definition) is 3. The highest BCUT2D eigenvalue weighted by molar-refractivity contribution is 9.10. The average molecular weight is 412 g/mol. The molecular formula is C20H27BrFNO2. The maximum atomic E-state index is 13.3. The Bertz CT molecular complexity index is 676. The molecule has 25 heavy (non-hydrogen) atoms. The van der Waals surface area contributed by atoms with E-state index < -0.39 is 5.60 Å². The van der Waals surface area contributed by atoms with Crippen LogP contribution in [0.5, 0.6) is 0 Å². The molecule has 0 radical (unpaired) electrons. The van der Waals surface area contributed by atoms with Crippen LogP contribution < -0.4 is 0 Å². The Kier molecular flexibility index (Phi) is 8.22. The second-order valence-electron chi connectivity index (χ2n) is 6.23. The van der Waals surface area contributed by atoms with Gasteiger partial charge < -0.3 is 15.1 Å². The molecular weight excluding hydrogens is 385 g/mol. The number of nitrogens with zero attached hydrogens (tertiary/aromatic N) is 1. The van der Waals surface area contributed by atoms with Crippen molar-refractivity contribution in [3.63, 3.8) is 0 Å². The smallest absolute Gasteiger partial charge is 0.123 e. The zero-order valence-corrected chi connectivity index (χ0v) is 15.6. The first-order valence-corrected chi connectivity index (χ1v) is 8.69. The predicted molar refractivity (Wildman–Crippen MR) is 104 cm³/mol. The van der Waals surface area contributed by atoms with Crippen molar-refractivity contribution in [2.45, 2.75) is 32.5 Å². The minimum atomic E-state index is -1.28. The summed E-state index contributed by atoms with van der Waals surface area (Å²) in [5.41, 5.74) is 0.655. The quantitative estimate of drug-likeness (QED) is 0.713. The van der Waals surface area contributed by atoms with Crippen LogP contribution in [0.2, 0.25) is 0 Å². The standard InChI is InChI=1S/C19H23BrFNO2.CH4/c1-22(2)11-3-10-19(24,15-4-7-17(21)8-5-15)18-9-6-16(20)12-14(18)13-23;/h4-9,12,23-24H,3,10-11,13H2,1-2H3;1H4. The van der Waals surface area contributed by atoms with Crippen molar-refractivity contribution < 1.29 is 14.6 Å². The molecule has 138 valence electrons. The molecule has 2 aromatic carbocycles.